The molecule has 0 radical (unpaired) electrons. The summed E-state index contributed by atoms with van der Waals surface area (Å²) in [4.78, 5) is 2.63. The van der Waals surface area contributed by atoms with Crippen LogP contribution in [0.5, 0.6) is 0 Å². The lowest BCUT2D eigenvalue weighted by Gasteiger charge is -2.32. The number of hydrogen-bond acceptors (Lipinski definition) is 4. The third-order valence-electron chi connectivity index (χ3n) is 7.42. The summed E-state index contributed by atoms with van der Waals surface area (Å²) >= 11 is 0. The van der Waals surface area contributed by atoms with Crippen LogP contribution in [-0.4, -0.2) is 49.0 Å². The number of benzene rings is 1. The van der Waals surface area contributed by atoms with Gasteiger partial charge in [0.15, 0.2) is 0 Å². The molecule has 1 aromatic carbocycles. The molecule has 0 N–H and O–H groups in total. The van der Waals surface area contributed by atoms with E-state index in [0.717, 1.165) is 38.1 Å². The molecule has 0 spiro atoms. The van der Waals surface area contributed by atoms with Gasteiger partial charge in [0.25, 0.3) is 0 Å². The van der Waals surface area contributed by atoms with Crippen molar-refractivity contribution in [2.45, 2.75) is 90.0 Å². The fourth-order valence-electron chi connectivity index (χ4n) is 4.74. The van der Waals surface area contributed by atoms with Crippen molar-refractivity contribution in [2.24, 2.45) is 0 Å². The first-order valence-corrected chi connectivity index (χ1v) is 11.1. The summed E-state index contributed by atoms with van der Waals surface area (Å²) in [5.74, 6) is 0.606. The Morgan fingerprint density at radius 1 is 1.04 bits per heavy atom. The van der Waals surface area contributed by atoms with Crippen molar-refractivity contribution in [1.82, 2.24) is 4.90 Å². The smallest absolute Gasteiger partial charge is 0.399 e. The van der Waals surface area contributed by atoms with Crippen molar-refractivity contribution in [2.75, 3.05) is 19.8 Å². The average Bonchev–Trinajstić information content (AvgIpc) is 3.15. The summed E-state index contributed by atoms with van der Waals surface area (Å²) in [5.41, 5.74) is 3.49. The summed E-state index contributed by atoms with van der Waals surface area (Å²) < 4.78 is 18.3. The fraction of sp³-hybridized carbons (Fsp3) is 0.739. The zero-order chi connectivity index (χ0) is 19.9. The van der Waals surface area contributed by atoms with Crippen LogP contribution in [0.1, 0.15) is 77.3 Å². The molecular formula is C23H36BNO3. The van der Waals surface area contributed by atoms with E-state index in [4.69, 9.17) is 14.0 Å². The maximum atomic E-state index is 6.33. The van der Waals surface area contributed by atoms with Gasteiger partial charge >= 0.3 is 7.12 Å². The lowest BCUT2D eigenvalue weighted by Crippen LogP contribution is -2.41. The summed E-state index contributed by atoms with van der Waals surface area (Å²) in [6.07, 6.45) is 4.87. The lowest BCUT2D eigenvalue weighted by atomic mass is 9.76. The van der Waals surface area contributed by atoms with Gasteiger partial charge in [0.2, 0.25) is 0 Å². The molecule has 4 rings (SSSR count). The number of likely N-dealkylation sites (tertiary alicyclic amines) is 1. The molecule has 5 heteroatoms. The maximum absolute atomic E-state index is 6.33. The van der Waals surface area contributed by atoms with Gasteiger partial charge in [0.05, 0.1) is 11.2 Å². The summed E-state index contributed by atoms with van der Waals surface area (Å²) in [5, 5.41) is 0. The van der Waals surface area contributed by atoms with E-state index in [0.29, 0.717) is 12.0 Å². The zero-order valence-corrected chi connectivity index (χ0v) is 18.3. The molecule has 3 heterocycles. The fourth-order valence-corrected chi connectivity index (χ4v) is 4.74. The highest BCUT2D eigenvalue weighted by Gasteiger charge is 2.51. The molecule has 1 atom stereocenters. The van der Waals surface area contributed by atoms with Crippen LogP contribution in [0.3, 0.4) is 0 Å². The van der Waals surface area contributed by atoms with Gasteiger partial charge in [-0.3, -0.25) is 4.90 Å². The van der Waals surface area contributed by atoms with Crippen molar-refractivity contribution in [3.63, 3.8) is 0 Å². The van der Waals surface area contributed by atoms with Crippen LogP contribution >= 0.6 is 0 Å². The first kappa shape index (κ1) is 20.4. The molecular weight excluding hydrogens is 349 g/mol. The zero-order valence-electron chi connectivity index (χ0n) is 18.3. The molecule has 3 fully saturated rings. The standard InChI is InChI=1S/C23H36BNO3/c1-17-7-6-12-25(17)16-19-15-20(24-27-22(2,3)23(4,5)28-24)8-9-21(19)18-10-13-26-14-11-18/h8-9,15,17-18H,6-7,10-14,16H2,1-5H3/t17-/m0/s1. The molecule has 28 heavy (non-hydrogen) atoms. The van der Waals surface area contributed by atoms with E-state index in [1.807, 2.05) is 0 Å². The van der Waals surface area contributed by atoms with Gasteiger partial charge in [-0.2, -0.15) is 0 Å². The minimum Gasteiger partial charge on any atom is -0.399 e. The van der Waals surface area contributed by atoms with Crippen molar-refractivity contribution < 1.29 is 14.0 Å². The number of nitrogens with zero attached hydrogens (tertiary/aromatic N) is 1. The first-order valence-electron chi connectivity index (χ1n) is 11.1. The molecule has 3 aliphatic heterocycles. The van der Waals surface area contributed by atoms with Gasteiger partial charge in [0.1, 0.15) is 0 Å². The van der Waals surface area contributed by atoms with Crippen molar-refractivity contribution >= 4 is 12.6 Å². The van der Waals surface area contributed by atoms with E-state index >= 15 is 0 Å². The second kappa shape index (κ2) is 7.75. The van der Waals surface area contributed by atoms with Gasteiger partial charge in [-0.15, -0.1) is 0 Å². The van der Waals surface area contributed by atoms with Crippen LogP contribution in [0.15, 0.2) is 18.2 Å². The highest BCUT2D eigenvalue weighted by atomic mass is 16.7. The molecule has 1 aromatic rings. The number of rotatable bonds is 4. The molecule has 0 saturated carbocycles. The van der Waals surface area contributed by atoms with E-state index < -0.39 is 0 Å². The molecule has 0 bridgehead atoms. The predicted octanol–water partition coefficient (Wildman–Crippen LogP) is 3.86. The minimum atomic E-state index is -0.305. The van der Waals surface area contributed by atoms with Gasteiger partial charge in [0, 0.05) is 25.8 Å². The topological polar surface area (TPSA) is 30.9 Å². The van der Waals surface area contributed by atoms with Crippen LogP contribution in [0.25, 0.3) is 0 Å². The van der Waals surface area contributed by atoms with E-state index in [9.17, 15) is 0 Å². The molecule has 0 aromatic heterocycles. The molecule has 0 aliphatic carbocycles. The summed E-state index contributed by atoms with van der Waals surface area (Å²) in [7, 11) is -0.288. The van der Waals surface area contributed by atoms with Gasteiger partial charge in [-0.05, 0) is 89.4 Å². The largest absolute Gasteiger partial charge is 0.494 e. The van der Waals surface area contributed by atoms with Crippen LogP contribution in [0, 0.1) is 0 Å². The molecule has 4 nitrogen and oxygen atoms in total. The van der Waals surface area contributed by atoms with Crippen molar-refractivity contribution in [3.8, 4) is 0 Å². The van der Waals surface area contributed by atoms with Crippen molar-refractivity contribution in [1.29, 1.82) is 0 Å². The molecule has 3 saturated heterocycles. The Balaban J connectivity index is 1.63. The van der Waals surface area contributed by atoms with E-state index in [-0.39, 0.29) is 18.3 Å². The highest BCUT2D eigenvalue weighted by molar-refractivity contribution is 6.62. The van der Waals surface area contributed by atoms with Crippen LogP contribution in [0.4, 0.5) is 0 Å². The quantitative estimate of drug-likeness (QED) is 0.737. The highest BCUT2D eigenvalue weighted by Crippen LogP contribution is 2.37. The Morgan fingerprint density at radius 2 is 1.71 bits per heavy atom. The molecule has 0 unspecified atom stereocenters. The molecule has 154 valence electrons. The Morgan fingerprint density at radius 3 is 2.32 bits per heavy atom. The molecule has 0 amide bonds. The summed E-state index contributed by atoms with van der Waals surface area (Å²) in [6.45, 7) is 14.8. The van der Waals surface area contributed by atoms with E-state index in [1.54, 1.807) is 0 Å². The minimum absolute atomic E-state index is 0.288. The Kier molecular flexibility index (Phi) is 5.65. The second-order valence-electron chi connectivity index (χ2n) is 9.89. The Hall–Kier alpha value is -0.875. The third-order valence-corrected chi connectivity index (χ3v) is 7.42. The number of ether oxygens (including phenoxy) is 1. The first-order chi connectivity index (χ1) is 13.3. The Labute approximate surface area is 171 Å². The van der Waals surface area contributed by atoms with E-state index in [1.165, 1.54) is 30.5 Å². The van der Waals surface area contributed by atoms with E-state index in [2.05, 4.69) is 57.7 Å². The van der Waals surface area contributed by atoms with Gasteiger partial charge in [-0.1, -0.05) is 18.2 Å². The predicted molar refractivity (Wildman–Crippen MR) is 114 cm³/mol. The average molecular weight is 385 g/mol. The van der Waals surface area contributed by atoms with Crippen molar-refractivity contribution in [3.05, 3.63) is 29.3 Å². The van der Waals surface area contributed by atoms with Crippen LogP contribution in [-0.2, 0) is 20.6 Å². The van der Waals surface area contributed by atoms with Gasteiger partial charge in [-0.25, -0.2) is 0 Å². The van der Waals surface area contributed by atoms with Crippen LogP contribution < -0.4 is 5.46 Å². The SMILES string of the molecule is C[C@H]1CCCN1Cc1cc(B2OC(C)(C)C(C)(C)O2)ccc1C1CCOCC1. The monoisotopic (exact) mass is 385 g/mol. The molecule has 3 aliphatic rings. The van der Waals surface area contributed by atoms with Crippen LogP contribution in [0.2, 0.25) is 0 Å². The second-order valence-corrected chi connectivity index (χ2v) is 9.89. The lowest BCUT2D eigenvalue weighted by molar-refractivity contribution is 0.00578. The number of hydrogen-bond donors (Lipinski definition) is 0. The maximum Gasteiger partial charge on any atom is 0.494 e. The normalized spacial score (nSPS) is 28.2. The third kappa shape index (κ3) is 3.91. The van der Waals surface area contributed by atoms with Gasteiger partial charge < -0.3 is 14.0 Å². The Bertz CT molecular complexity index is 683. The summed E-state index contributed by atoms with van der Waals surface area (Å²) in [6, 6.07) is 7.59.